The first-order chi connectivity index (χ1) is 8.42. The summed E-state index contributed by atoms with van der Waals surface area (Å²) >= 11 is 0. The number of para-hydroxylation sites is 2. The van der Waals surface area contributed by atoms with Gasteiger partial charge in [0.15, 0.2) is 0 Å². The molecule has 0 aliphatic rings. The Morgan fingerprint density at radius 2 is 1.47 bits per heavy atom. The topological polar surface area (TPSA) is 24.9 Å². The Morgan fingerprint density at radius 1 is 0.706 bits per heavy atom. The molecule has 17 heavy (non-hydrogen) atoms. The second kappa shape index (κ2) is 4.26. The minimum atomic E-state index is 0.870. The van der Waals surface area contributed by atoms with Gasteiger partial charge in [0.1, 0.15) is 5.82 Å². The van der Waals surface area contributed by atoms with Crippen molar-refractivity contribution in [3.05, 3.63) is 66.7 Å². The quantitative estimate of drug-likeness (QED) is 0.706. The largest absolute Gasteiger partial charge is 0.340 e. The number of fused-ring (bicyclic) bond motifs is 1. The molecule has 0 unspecified atom stereocenters. The van der Waals surface area contributed by atoms with Crippen molar-refractivity contribution in [2.45, 2.75) is 0 Å². The summed E-state index contributed by atoms with van der Waals surface area (Å²) in [7, 11) is 0. The molecule has 0 spiro atoms. The third kappa shape index (κ3) is 2.11. The van der Waals surface area contributed by atoms with Gasteiger partial charge in [0.05, 0.1) is 5.52 Å². The van der Waals surface area contributed by atoms with E-state index in [-0.39, 0.29) is 0 Å². The lowest BCUT2D eigenvalue weighted by atomic mass is 10.2. The highest BCUT2D eigenvalue weighted by molar-refractivity contribution is 5.80. The van der Waals surface area contributed by atoms with Crippen LogP contribution in [0.2, 0.25) is 0 Å². The molecule has 0 fully saturated rings. The van der Waals surface area contributed by atoms with Crippen LogP contribution in [0.4, 0.5) is 11.5 Å². The van der Waals surface area contributed by atoms with E-state index in [2.05, 4.69) is 22.4 Å². The lowest BCUT2D eigenvalue weighted by Crippen LogP contribution is -1.92. The van der Waals surface area contributed by atoms with Gasteiger partial charge in [-0.25, -0.2) is 4.98 Å². The Balaban J connectivity index is 1.96. The van der Waals surface area contributed by atoms with Crippen LogP contribution < -0.4 is 5.32 Å². The molecular formula is C15H12N2. The van der Waals surface area contributed by atoms with Crippen molar-refractivity contribution >= 4 is 22.4 Å². The number of pyridine rings is 1. The average molecular weight is 220 g/mol. The fourth-order valence-corrected chi connectivity index (χ4v) is 1.81. The van der Waals surface area contributed by atoms with Crippen molar-refractivity contribution in [1.29, 1.82) is 0 Å². The molecule has 0 saturated carbocycles. The molecule has 0 bridgehead atoms. The lowest BCUT2D eigenvalue weighted by Gasteiger charge is -2.06. The van der Waals surface area contributed by atoms with E-state index < -0.39 is 0 Å². The van der Waals surface area contributed by atoms with Crippen LogP contribution in [0.15, 0.2) is 66.7 Å². The number of rotatable bonds is 2. The van der Waals surface area contributed by atoms with E-state index in [9.17, 15) is 0 Å². The van der Waals surface area contributed by atoms with E-state index in [1.54, 1.807) is 0 Å². The number of nitrogens with one attached hydrogen (secondary N) is 1. The van der Waals surface area contributed by atoms with Crippen LogP contribution in [-0.4, -0.2) is 4.98 Å². The van der Waals surface area contributed by atoms with Gasteiger partial charge in [-0.2, -0.15) is 0 Å². The molecule has 2 nitrogen and oxygen atoms in total. The van der Waals surface area contributed by atoms with Gasteiger partial charge in [-0.15, -0.1) is 0 Å². The highest BCUT2D eigenvalue weighted by atomic mass is 15.0. The van der Waals surface area contributed by atoms with Crippen LogP contribution in [0.5, 0.6) is 0 Å². The second-order valence-corrected chi connectivity index (χ2v) is 3.88. The molecule has 1 heterocycles. The van der Waals surface area contributed by atoms with E-state index in [0.29, 0.717) is 0 Å². The van der Waals surface area contributed by atoms with Gasteiger partial charge in [0.25, 0.3) is 0 Å². The Labute approximate surface area is 99.9 Å². The van der Waals surface area contributed by atoms with E-state index in [1.165, 1.54) is 0 Å². The van der Waals surface area contributed by atoms with Gasteiger partial charge in [0.2, 0.25) is 0 Å². The van der Waals surface area contributed by atoms with Crippen molar-refractivity contribution in [3.8, 4) is 0 Å². The fourth-order valence-electron chi connectivity index (χ4n) is 1.81. The zero-order valence-electron chi connectivity index (χ0n) is 9.30. The predicted molar refractivity (Wildman–Crippen MR) is 71.5 cm³/mol. The maximum Gasteiger partial charge on any atom is 0.131 e. The van der Waals surface area contributed by atoms with Crippen LogP contribution in [0, 0.1) is 0 Å². The normalized spacial score (nSPS) is 10.4. The van der Waals surface area contributed by atoms with Gasteiger partial charge < -0.3 is 5.32 Å². The fraction of sp³-hybridized carbons (Fsp3) is 0. The minimum Gasteiger partial charge on any atom is -0.340 e. The number of aromatic nitrogens is 1. The summed E-state index contributed by atoms with van der Waals surface area (Å²) < 4.78 is 0. The molecule has 82 valence electrons. The Hall–Kier alpha value is -2.35. The Morgan fingerprint density at radius 3 is 2.35 bits per heavy atom. The standard InChI is InChI=1S/C15H12N2/c1-2-7-13(8-3-1)16-15-11-10-12-6-4-5-9-14(12)17-15/h1-11H,(H,16,17). The van der Waals surface area contributed by atoms with Crippen molar-refractivity contribution in [2.24, 2.45) is 0 Å². The summed E-state index contributed by atoms with van der Waals surface area (Å²) in [6.07, 6.45) is 0. The predicted octanol–water partition coefficient (Wildman–Crippen LogP) is 3.98. The van der Waals surface area contributed by atoms with E-state index in [0.717, 1.165) is 22.4 Å². The monoisotopic (exact) mass is 220 g/mol. The van der Waals surface area contributed by atoms with Gasteiger partial charge >= 0.3 is 0 Å². The van der Waals surface area contributed by atoms with Gasteiger partial charge in [-0.1, -0.05) is 36.4 Å². The third-order valence-corrected chi connectivity index (χ3v) is 2.64. The minimum absolute atomic E-state index is 0.870. The maximum absolute atomic E-state index is 4.56. The van der Waals surface area contributed by atoms with Crippen molar-refractivity contribution < 1.29 is 0 Å². The third-order valence-electron chi connectivity index (χ3n) is 2.64. The number of nitrogens with zero attached hydrogens (tertiary/aromatic N) is 1. The molecule has 0 saturated heterocycles. The Kier molecular flexibility index (Phi) is 2.47. The molecule has 0 atom stereocenters. The van der Waals surface area contributed by atoms with Crippen LogP contribution in [0.1, 0.15) is 0 Å². The Bertz CT molecular complexity index is 633. The van der Waals surface area contributed by atoms with Crippen LogP contribution in [-0.2, 0) is 0 Å². The first-order valence-electron chi connectivity index (χ1n) is 5.60. The summed E-state index contributed by atoms with van der Waals surface area (Å²) in [4.78, 5) is 4.56. The molecule has 2 heteroatoms. The van der Waals surface area contributed by atoms with Crippen LogP contribution >= 0.6 is 0 Å². The van der Waals surface area contributed by atoms with Crippen LogP contribution in [0.3, 0.4) is 0 Å². The first kappa shape index (κ1) is 9.85. The summed E-state index contributed by atoms with van der Waals surface area (Å²) in [6.45, 7) is 0. The molecular weight excluding hydrogens is 208 g/mol. The molecule has 0 aliphatic carbocycles. The summed E-state index contributed by atoms with van der Waals surface area (Å²) in [6, 6.07) is 22.2. The molecule has 0 radical (unpaired) electrons. The van der Waals surface area contributed by atoms with E-state index in [1.807, 2.05) is 54.6 Å². The van der Waals surface area contributed by atoms with Crippen molar-refractivity contribution in [2.75, 3.05) is 5.32 Å². The highest BCUT2D eigenvalue weighted by Gasteiger charge is 1.97. The van der Waals surface area contributed by atoms with E-state index in [4.69, 9.17) is 0 Å². The number of benzene rings is 2. The number of hydrogen-bond acceptors (Lipinski definition) is 2. The molecule has 1 aromatic heterocycles. The SMILES string of the molecule is c1ccc(Nc2ccc3ccccc3n2)cc1. The van der Waals surface area contributed by atoms with E-state index >= 15 is 0 Å². The van der Waals surface area contributed by atoms with Gasteiger partial charge in [-0.05, 0) is 30.3 Å². The smallest absolute Gasteiger partial charge is 0.131 e. The first-order valence-corrected chi connectivity index (χ1v) is 5.60. The zero-order valence-corrected chi connectivity index (χ0v) is 9.30. The summed E-state index contributed by atoms with van der Waals surface area (Å²) in [5.41, 5.74) is 2.06. The molecule has 2 aromatic carbocycles. The number of anilines is 2. The molecule has 1 N–H and O–H groups in total. The molecule has 0 amide bonds. The van der Waals surface area contributed by atoms with Crippen molar-refractivity contribution in [3.63, 3.8) is 0 Å². The summed E-state index contributed by atoms with van der Waals surface area (Å²) in [5, 5.41) is 4.44. The van der Waals surface area contributed by atoms with Crippen LogP contribution in [0.25, 0.3) is 10.9 Å². The van der Waals surface area contributed by atoms with Crippen molar-refractivity contribution in [1.82, 2.24) is 4.98 Å². The lowest BCUT2D eigenvalue weighted by molar-refractivity contribution is 1.37. The van der Waals surface area contributed by atoms with Gasteiger partial charge in [0, 0.05) is 11.1 Å². The molecule has 3 rings (SSSR count). The number of hydrogen-bond donors (Lipinski definition) is 1. The molecule has 0 aliphatic heterocycles. The second-order valence-electron chi connectivity index (χ2n) is 3.88. The van der Waals surface area contributed by atoms with Gasteiger partial charge in [-0.3, -0.25) is 0 Å². The summed E-state index contributed by atoms with van der Waals surface area (Å²) in [5.74, 6) is 0.870. The molecule has 3 aromatic rings. The average Bonchev–Trinajstić information content (AvgIpc) is 2.40. The highest BCUT2D eigenvalue weighted by Crippen LogP contribution is 2.18. The zero-order chi connectivity index (χ0) is 11.5. The maximum atomic E-state index is 4.56.